The van der Waals surface area contributed by atoms with E-state index in [-0.39, 0.29) is 0 Å². The summed E-state index contributed by atoms with van der Waals surface area (Å²) in [5.74, 6) is 0. The topological polar surface area (TPSA) is 54.7 Å². The molecule has 0 radical (unpaired) electrons. The molecule has 0 N–H and O–H groups in total. The lowest BCUT2D eigenvalue weighted by molar-refractivity contribution is 0.445. The van der Waals surface area contributed by atoms with Crippen molar-refractivity contribution in [2.75, 3.05) is 13.1 Å². The average molecular weight is 458 g/mol. The first kappa shape index (κ1) is 23.4. The van der Waals surface area contributed by atoms with Crippen molar-refractivity contribution in [2.24, 2.45) is 4.99 Å². The number of unbranched alkanes of at least 4 members (excludes halogenated alkanes) is 2. The van der Waals surface area contributed by atoms with Crippen molar-refractivity contribution >= 4 is 27.0 Å². The maximum absolute atomic E-state index is 13.0. The largest absolute Gasteiger partial charge is 0.316 e. The second-order valence-corrected chi connectivity index (χ2v) is 10.1. The summed E-state index contributed by atoms with van der Waals surface area (Å²) in [7, 11) is -3.50. The van der Waals surface area contributed by atoms with Gasteiger partial charge >= 0.3 is 0 Å². The molecule has 5 nitrogen and oxygen atoms in total. The van der Waals surface area contributed by atoms with Gasteiger partial charge in [0.15, 0.2) is 4.80 Å². The molecule has 0 saturated heterocycles. The lowest BCUT2D eigenvalue weighted by Crippen LogP contribution is -2.30. The summed E-state index contributed by atoms with van der Waals surface area (Å²) >= 11 is 1.59. The minimum Gasteiger partial charge on any atom is -0.316 e. The fraction of sp³-hybridized carbons (Fsp3) is 0.375. The highest BCUT2D eigenvalue weighted by Crippen LogP contribution is 2.26. The van der Waals surface area contributed by atoms with Crippen LogP contribution >= 0.6 is 11.3 Å². The Kier molecular flexibility index (Phi) is 8.23. The molecular weight excluding hydrogens is 426 g/mol. The van der Waals surface area contributed by atoms with Crippen LogP contribution in [0.2, 0.25) is 0 Å². The summed E-state index contributed by atoms with van der Waals surface area (Å²) in [6.45, 7) is 7.68. The Bertz CT molecular complexity index is 1140. The molecule has 0 spiro atoms. The fourth-order valence-electron chi connectivity index (χ4n) is 3.53. The summed E-state index contributed by atoms with van der Waals surface area (Å²) in [5, 5.41) is 2.08. The Balaban J connectivity index is 2.08. The van der Waals surface area contributed by atoms with Crippen LogP contribution in [0.5, 0.6) is 0 Å². The van der Waals surface area contributed by atoms with Crippen LogP contribution < -0.4 is 4.80 Å². The van der Waals surface area contributed by atoms with Gasteiger partial charge in [-0.3, -0.25) is 0 Å². The van der Waals surface area contributed by atoms with Crippen molar-refractivity contribution in [3.8, 4) is 11.3 Å². The molecule has 1 heterocycles. The molecule has 0 saturated carbocycles. The minimum absolute atomic E-state index is 0.335. The fourth-order valence-corrected chi connectivity index (χ4v) is 5.99. The summed E-state index contributed by atoms with van der Waals surface area (Å²) in [4.78, 5) is 6.11. The molecule has 0 aliphatic heterocycles. The van der Waals surface area contributed by atoms with Crippen LogP contribution in [0.15, 0.2) is 69.9 Å². The Morgan fingerprint density at radius 2 is 1.71 bits per heavy atom. The van der Waals surface area contributed by atoms with Gasteiger partial charge in [0.2, 0.25) is 10.0 Å². The van der Waals surface area contributed by atoms with E-state index >= 15 is 0 Å². The predicted octanol–water partition coefficient (Wildman–Crippen LogP) is 5.67. The molecular formula is C24H31N3O2S2. The highest BCUT2D eigenvalue weighted by molar-refractivity contribution is 7.89. The van der Waals surface area contributed by atoms with Crippen LogP contribution in [-0.2, 0) is 16.6 Å². The van der Waals surface area contributed by atoms with Crippen molar-refractivity contribution in [3.63, 3.8) is 0 Å². The van der Waals surface area contributed by atoms with Gasteiger partial charge in [0.05, 0.1) is 16.3 Å². The monoisotopic (exact) mass is 457 g/mol. The number of sulfonamides is 1. The maximum atomic E-state index is 13.0. The van der Waals surface area contributed by atoms with Crippen molar-refractivity contribution in [3.05, 3.63) is 64.8 Å². The summed E-state index contributed by atoms with van der Waals surface area (Å²) in [5.41, 5.74) is 2.82. The van der Waals surface area contributed by atoms with Crippen LogP contribution in [0, 0.1) is 0 Å². The first-order valence-electron chi connectivity index (χ1n) is 10.9. The van der Waals surface area contributed by atoms with E-state index in [2.05, 4.69) is 16.9 Å². The Hall–Kier alpha value is -2.22. The molecule has 0 bridgehead atoms. The molecule has 3 rings (SSSR count). The third kappa shape index (κ3) is 5.53. The second-order valence-electron chi connectivity index (χ2n) is 7.33. The molecule has 31 heavy (non-hydrogen) atoms. The SMILES string of the molecule is CCCCCn1c(-c2cccc(S(=O)(=O)N(CC)CC)c2)csc1=Nc1ccccc1. The van der Waals surface area contributed by atoms with Crippen LogP contribution in [0.25, 0.3) is 11.3 Å². The van der Waals surface area contributed by atoms with Gasteiger partial charge in [0.25, 0.3) is 0 Å². The zero-order chi connectivity index (χ0) is 22.3. The van der Waals surface area contributed by atoms with Gasteiger partial charge in [-0.2, -0.15) is 4.31 Å². The molecule has 0 aliphatic rings. The number of hydrogen-bond donors (Lipinski definition) is 0. The lowest BCUT2D eigenvalue weighted by Gasteiger charge is -2.19. The van der Waals surface area contributed by atoms with Gasteiger partial charge in [0, 0.05) is 30.6 Å². The van der Waals surface area contributed by atoms with Crippen molar-refractivity contribution < 1.29 is 8.42 Å². The zero-order valence-electron chi connectivity index (χ0n) is 18.5. The van der Waals surface area contributed by atoms with Crippen LogP contribution in [-0.4, -0.2) is 30.4 Å². The van der Waals surface area contributed by atoms with Crippen LogP contribution in [0.3, 0.4) is 0 Å². The average Bonchev–Trinajstić information content (AvgIpc) is 3.18. The minimum atomic E-state index is -3.50. The van der Waals surface area contributed by atoms with E-state index in [0.717, 1.165) is 47.6 Å². The molecule has 7 heteroatoms. The van der Waals surface area contributed by atoms with Gasteiger partial charge in [-0.25, -0.2) is 13.4 Å². The summed E-state index contributed by atoms with van der Waals surface area (Å²) in [6, 6.07) is 17.2. The van der Waals surface area contributed by atoms with E-state index in [1.165, 1.54) is 4.31 Å². The third-order valence-electron chi connectivity index (χ3n) is 5.24. The molecule has 0 unspecified atom stereocenters. The molecule has 1 aromatic heterocycles. The predicted molar refractivity (Wildman–Crippen MR) is 129 cm³/mol. The highest BCUT2D eigenvalue weighted by Gasteiger charge is 2.22. The quantitative estimate of drug-likeness (QED) is 0.368. The number of para-hydroxylation sites is 1. The third-order valence-corrected chi connectivity index (χ3v) is 8.15. The standard InChI is InChI=1S/C24H31N3O2S2/c1-4-7-11-17-27-23(19-30-24(27)25-21-14-9-8-10-15-21)20-13-12-16-22(18-20)31(28,29)26(5-2)6-3/h8-10,12-16,18-19H,4-7,11,17H2,1-3H3. The van der Waals surface area contributed by atoms with Gasteiger partial charge in [-0.1, -0.05) is 63.9 Å². The number of thiazole rings is 1. The van der Waals surface area contributed by atoms with Crippen molar-refractivity contribution in [1.29, 1.82) is 0 Å². The van der Waals surface area contributed by atoms with E-state index in [0.29, 0.717) is 18.0 Å². The highest BCUT2D eigenvalue weighted by atomic mass is 32.2. The van der Waals surface area contributed by atoms with Gasteiger partial charge < -0.3 is 4.57 Å². The molecule has 2 aromatic carbocycles. The molecule has 166 valence electrons. The number of benzene rings is 2. The maximum Gasteiger partial charge on any atom is 0.243 e. The number of aromatic nitrogens is 1. The smallest absolute Gasteiger partial charge is 0.243 e. The van der Waals surface area contributed by atoms with E-state index in [4.69, 9.17) is 4.99 Å². The molecule has 0 atom stereocenters. The van der Waals surface area contributed by atoms with E-state index < -0.39 is 10.0 Å². The van der Waals surface area contributed by atoms with Crippen LogP contribution in [0.1, 0.15) is 40.0 Å². The molecule has 0 fully saturated rings. The zero-order valence-corrected chi connectivity index (χ0v) is 20.1. The Morgan fingerprint density at radius 3 is 2.39 bits per heavy atom. The Labute approximate surface area is 189 Å². The lowest BCUT2D eigenvalue weighted by atomic mass is 10.1. The molecule has 0 aliphatic carbocycles. The first-order chi connectivity index (χ1) is 15.0. The summed E-state index contributed by atoms with van der Waals surface area (Å²) < 4.78 is 29.8. The number of rotatable bonds is 10. The number of hydrogen-bond acceptors (Lipinski definition) is 4. The van der Waals surface area contributed by atoms with E-state index in [1.807, 2.05) is 56.3 Å². The second kappa shape index (κ2) is 10.9. The van der Waals surface area contributed by atoms with Gasteiger partial charge in [-0.05, 0) is 30.7 Å². The van der Waals surface area contributed by atoms with Crippen molar-refractivity contribution in [1.82, 2.24) is 8.87 Å². The molecule has 3 aromatic rings. The van der Waals surface area contributed by atoms with Gasteiger partial charge in [-0.15, -0.1) is 11.3 Å². The first-order valence-corrected chi connectivity index (χ1v) is 13.2. The van der Waals surface area contributed by atoms with Crippen LogP contribution in [0.4, 0.5) is 5.69 Å². The molecule has 0 amide bonds. The number of nitrogens with zero attached hydrogens (tertiary/aromatic N) is 3. The van der Waals surface area contributed by atoms with Crippen molar-refractivity contribution in [2.45, 2.75) is 51.5 Å². The van der Waals surface area contributed by atoms with E-state index in [1.54, 1.807) is 23.5 Å². The van der Waals surface area contributed by atoms with E-state index in [9.17, 15) is 8.42 Å². The Morgan fingerprint density at radius 1 is 0.968 bits per heavy atom. The van der Waals surface area contributed by atoms with Gasteiger partial charge in [0.1, 0.15) is 0 Å². The summed E-state index contributed by atoms with van der Waals surface area (Å²) in [6.07, 6.45) is 3.34. The normalized spacial score (nSPS) is 12.6.